The number of nitrogens with zero attached hydrogens (tertiary/aromatic N) is 4. The lowest BCUT2D eigenvalue weighted by atomic mass is 10.1. The lowest BCUT2D eigenvalue weighted by molar-refractivity contribution is -0.384. The Balaban J connectivity index is 2.26. The van der Waals surface area contributed by atoms with Crippen LogP contribution in [0.4, 0.5) is 11.4 Å². The Morgan fingerprint density at radius 2 is 2.00 bits per heavy atom. The molecule has 1 aromatic rings. The van der Waals surface area contributed by atoms with E-state index in [2.05, 4.69) is 0 Å². The highest BCUT2D eigenvalue weighted by Crippen LogP contribution is 2.26. The third kappa shape index (κ3) is 3.52. The van der Waals surface area contributed by atoms with Gasteiger partial charge in [-0.1, -0.05) is 0 Å². The van der Waals surface area contributed by atoms with Crippen LogP contribution >= 0.6 is 0 Å². The van der Waals surface area contributed by atoms with Gasteiger partial charge in [0.25, 0.3) is 5.69 Å². The van der Waals surface area contributed by atoms with Gasteiger partial charge >= 0.3 is 0 Å². The second-order valence-electron chi connectivity index (χ2n) is 5.07. The Kier molecular flexibility index (Phi) is 4.63. The molecular formula is C13H16N4O4S. The van der Waals surface area contributed by atoms with Gasteiger partial charge in [-0.3, -0.25) is 10.1 Å². The normalized spacial score (nSPS) is 16.8. The van der Waals surface area contributed by atoms with Gasteiger partial charge in [-0.25, -0.2) is 12.7 Å². The van der Waals surface area contributed by atoms with Gasteiger partial charge in [-0.05, 0) is 12.5 Å². The number of non-ortho nitro benzene ring substituents is 1. The number of anilines is 1. The van der Waals surface area contributed by atoms with Gasteiger partial charge in [0.2, 0.25) is 10.0 Å². The van der Waals surface area contributed by atoms with Crippen LogP contribution in [0.2, 0.25) is 0 Å². The van der Waals surface area contributed by atoms with E-state index in [4.69, 9.17) is 0 Å². The van der Waals surface area contributed by atoms with Gasteiger partial charge in [0.05, 0.1) is 22.4 Å². The third-order valence-electron chi connectivity index (χ3n) is 3.58. The maximum Gasteiger partial charge on any atom is 0.270 e. The van der Waals surface area contributed by atoms with Gasteiger partial charge in [-0.15, -0.1) is 0 Å². The van der Waals surface area contributed by atoms with Crippen molar-refractivity contribution in [2.75, 3.05) is 37.3 Å². The van der Waals surface area contributed by atoms with Crippen LogP contribution in [0.15, 0.2) is 18.2 Å². The van der Waals surface area contributed by atoms with Gasteiger partial charge in [-0.2, -0.15) is 5.26 Å². The zero-order chi connectivity index (χ0) is 16.3. The van der Waals surface area contributed by atoms with Crippen molar-refractivity contribution in [3.63, 3.8) is 0 Å². The summed E-state index contributed by atoms with van der Waals surface area (Å²) in [6.45, 7) is 1.81. The lowest BCUT2D eigenvalue weighted by Gasteiger charge is -2.23. The first-order valence-electron chi connectivity index (χ1n) is 6.71. The molecule has 0 amide bonds. The van der Waals surface area contributed by atoms with E-state index in [1.807, 2.05) is 11.0 Å². The molecule has 0 aromatic heterocycles. The molecule has 9 heteroatoms. The Labute approximate surface area is 128 Å². The Morgan fingerprint density at radius 3 is 2.59 bits per heavy atom. The minimum Gasteiger partial charge on any atom is -0.369 e. The van der Waals surface area contributed by atoms with Crippen molar-refractivity contribution < 1.29 is 13.3 Å². The van der Waals surface area contributed by atoms with E-state index in [-0.39, 0.29) is 11.3 Å². The summed E-state index contributed by atoms with van der Waals surface area (Å²) in [6, 6.07) is 6.12. The van der Waals surface area contributed by atoms with Crippen molar-refractivity contribution in [1.29, 1.82) is 5.26 Å². The summed E-state index contributed by atoms with van der Waals surface area (Å²) in [6.07, 6.45) is 1.81. The average Bonchev–Trinajstić information content (AvgIpc) is 2.72. The highest BCUT2D eigenvalue weighted by molar-refractivity contribution is 7.88. The fraction of sp³-hybridized carbons (Fsp3) is 0.462. The standard InChI is InChI=1S/C13H16N4O4S/c1-22(20,21)16-6-2-5-15(7-8-16)13-4-3-12(17(18)19)9-11(13)10-14/h3-4,9H,2,5-8H2,1H3. The first-order valence-corrected chi connectivity index (χ1v) is 8.56. The summed E-state index contributed by atoms with van der Waals surface area (Å²) >= 11 is 0. The number of sulfonamides is 1. The summed E-state index contributed by atoms with van der Waals surface area (Å²) in [5.41, 5.74) is 0.693. The quantitative estimate of drug-likeness (QED) is 0.605. The maximum absolute atomic E-state index is 11.6. The van der Waals surface area contributed by atoms with Crippen LogP contribution in [0.3, 0.4) is 0 Å². The largest absolute Gasteiger partial charge is 0.369 e. The molecule has 1 saturated heterocycles. The fourth-order valence-corrected chi connectivity index (χ4v) is 3.34. The van der Waals surface area contributed by atoms with Crippen molar-refractivity contribution in [3.05, 3.63) is 33.9 Å². The van der Waals surface area contributed by atoms with Crippen LogP contribution in [-0.2, 0) is 10.0 Å². The summed E-state index contributed by atoms with van der Waals surface area (Å²) in [4.78, 5) is 12.1. The molecule has 0 spiro atoms. The molecule has 0 bridgehead atoms. The molecular weight excluding hydrogens is 308 g/mol. The van der Waals surface area contributed by atoms with E-state index in [0.29, 0.717) is 38.3 Å². The van der Waals surface area contributed by atoms with E-state index >= 15 is 0 Å². The number of hydrogen-bond acceptors (Lipinski definition) is 6. The Hall–Kier alpha value is -2.18. The molecule has 0 aliphatic carbocycles. The summed E-state index contributed by atoms with van der Waals surface area (Å²) in [7, 11) is -3.24. The average molecular weight is 324 g/mol. The highest BCUT2D eigenvalue weighted by atomic mass is 32.2. The van der Waals surface area contributed by atoms with Crippen molar-refractivity contribution in [1.82, 2.24) is 4.31 Å². The number of nitro benzene ring substituents is 1. The van der Waals surface area contributed by atoms with Crippen LogP contribution in [0.25, 0.3) is 0 Å². The molecule has 8 nitrogen and oxygen atoms in total. The molecule has 118 valence electrons. The number of hydrogen-bond donors (Lipinski definition) is 0. The molecule has 0 atom stereocenters. The van der Waals surface area contributed by atoms with Crippen LogP contribution in [0, 0.1) is 21.4 Å². The minimum absolute atomic E-state index is 0.132. The Morgan fingerprint density at radius 1 is 1.27 bits per heavy atom. The molecule has 2 rings (SSSR count). The van der Waals surface area contributed by atoms with E-state index in [1.54, 1.807) is 6.07 Å². The predicted molar refractivity (Wildman–Crippen MR) is 81.1 cm³/mol. The summed E-state index contributed by atoms with van der Waals surface area (Å²) in [5.74, 6) is 0. The number of rotatable bonds is 3. The fourth-order valence-electron chi connectivity index (χ4n) is 2.47. The van der Waals surface area contributed by atoms with Gasteiger partial charge in [0.1, 0.15) is 6.07 Å². The summed E-state index contributed by atoms with van der Waals surface area (Å²) < 4.78 is 24.6. The zero-order valence-electron chi connectivity index (χ0n) is 12.1. The Bertz CT molecular complexity index is 726. The van der Waals surface area contributed by atoms with Crippen LogP contribution in [0.1, 0.15) is 12.0 Å². The SMILES string of the molecule is CS(=O)(=O)N1CCCN(c2ccc([N+](=O)[O-])cc2C#N)CC1. The molecule has 1 aliphatic heterocycles. The highest BCUT2D eigenvalue weighted by Gasteiger charge is 2.23. The van der Waals surface area contributed by atoms with Gasteiger partial charge < -0.3 is 4.90 Å². The molecule has 1 heterocycles. The lowest BCUT2D eigenvalue weighted by Crippen LogP contribution is -2.34. The molecule has 1 aromatic carbocycles. The maximum atomic E-state index is 11.6. The second-order valence-corrected chi connectivity index (χ2v) is 7.06. The predicted octanol–water partition coefficient (Wildman–Crippen LogP) is 0.938. The number of nitriles is 1. The molecule has 0 unspecified atom stereocenters. The minimum atomic E-state index is -3.24. The van der Waals surface area contributed by atoms with Crippen LogP contribution in [0.5, 0.6) is 0 Å². The zero-order valence-corrected chi connectivity index (χ0v) is 12.9. The van der Waals surface area contributed by atoms with E-state index < -0.39 is 14.9 Å². The second kappa shape index (κ2) is 6.29. The molecule has 0 saturated carbocycles. The van der Waals surface area contributed by atoms with E-state index in [1.165, 1.54) is 22.7 Å². The molecule has 0 N–H and O–H groups in total. The van der Waals surface area contributed by atoms with Crippen molar-refractivity contribution in [2.45, 2.75) is 6.42 Å². The monoisotopic (exact) mass is 324 g/mol. The molecule has 1 fully saturated rings. The van der Waals surface area contributed by atoms with Crippen LogP contribution in [-0.4, -0.2) is 50.1 Å². The van der Waals surface area contributed by atoms with Crippen molar-refractivity contribution >= 4 is 21.4 Å². The molecule has 22 heavy (non-hydrogen) atoms. The van der Waals surface area contributed by atoms with Crippen molar-refractivity contribution in [3.8, 4) is 6.07 Å². The van der Waals surface area contributed by atoms with Gasteiger partial charge in [0, 0.05) is 38.3 Å². The number of nitro groups is 1. The van der Waals surface area contributed by atoms with E-state index in [0.717, 1.165) is 0 Å². The first-order chi connectivity index (χ1) is 10.3. The number of benzene rings is 1. The third-order valence-corrected chi connectivity index (χ3v) is 4.88. The summed E-state index contributed by atoms with van der Waals surface area (Å²) in [5, 5.41) is 20.0. The first kappa shape index (κ1) is 16.2. The molecule has 0 radical (unpaired) electrons. The topological polar surface area (TPSA) is 108 Å². The molecule has 1 aliphatic rings. The van der Waals surface area contributed by atoms with Gasteiger partial charge in [0.15, 0.2) is 0 Å². The van der Waals surface area contributed by atoms with Crippen LogP contribution < -0.4 is 4.90 Å². The smallest absolute Gasteiger partial charge is 0.270 e. The van der Waals surface area contributed by atoms with Crippen molar-refractivity contribution in [2.24, 2.45) is 0 Å². The van der Waals surface area contributed by atoms with E-state index in [9.17, 15) is 23.8 Å².